The Morgan fingerprint density at radius 3 is 1.83 bits per heavy atom. The van der Waals surface area contributed by atoms with Crippen LogP contribution in [0.4, 0.5) is 0 Å². The van der Waals surface area contributed by atoms with E-state index < -0.39 is 18.4 Å². The van der Waals surface area contributed by atoms with Crippen molar-refractivity contribution in [3.8, 4) is 0 Å². The Morgan fingerprint density at radius 1 is 0.792 bits per heavy atom. The molecule has 0 spiro atoms. The van der Waals surface area contributed by atoms with Crippen LogP contribution in [0.1, 0.15) is 90.0 Å². The molecule has 0 amide bonds. The molecule has 0 saturated heterocycles. The predicted molar refractivity (Wildman–Crippen MR) is 112 cm³/mol. The standard InChI is InChI=1S/C11H13.3C4H9.Sn/c1-2-6-10(7-3-1)11-8-4-5-9-11;3*1-3-4-2;/h1-3,6-8,11H,4-5,9H2;3*1,3-4H2,2H3;/t11-;;;;/m1..../s1. The van der Waals surface area contributed by atoms with Gasteiger partial charge in [0.2, 0.25) is 0 Å². The van der Waals surface area contributed by atoms with Gasteiger partial charge < -0.3 is 0 Å². The summed E-state index contributed by atoms with van der Waals surface area (Å²) in [7, 11) is 0. The second kappa shape index (κ2) is 10.9. The Bertz CT molecular complexity index is 417. The van der Waals surface area contributed by atoms with Crippen molar-refractivity contribution in [2.24, 2.45) is 0 Å². The SMILES string of the molecule is CCC[CH2][Sn]([CH2]CCC)([CH2]CCC)[C@H]1CCC[C@@H]1c1ccccc1. The predicted octanol–water partition coefficient (Wildman–Crippen LogP) is 8.17. The summed E-state index contributed by atoms with van der Waals surface area (Å²) >= 11 is -2.08. The Hall–Kier alpha value is 0.0187. The number of rotatable bonds is 11. The van der Waals surface area contributed by atoms with Crippen molar-refractivity contribution in [1.82, 2.24) is 0 Å². The second-order valence-electron chi connectivity index (χ2n) is 8.23. The molecule has 0 heterocycles. The van der Waals surface area contributed by atoms with Gasteiger partial charge in [0, 0.05) is 0 Å². The zero-order valence-corrected chi connectivity index (χ0v) is 19.4. The summed E-state index contributed by atoms with van der Waals surface area (Å²) < 4.78 is 6.17. The van der Waals surface area contributed by atoms with Crippen LogP contribution in [0.15, 0.2) is 30.3 Å². The number of unbranched alkanes of at least 4 members (excludes halogenated alkanes) is 3. The maximum atomic E-state index is 2.43. The van der Waals surface area contributed by atoms with E-state index in [0.29, 0.717) is 0 Å². The molecule has 2 atom stereocenters. The second-order valence-corrected chi connectivity index (χ2v) is 22.4. The van der Waals surface area contributed by atoms with Gasteiger partial charge in [-0.05, 0) is 0 Å². The Balaban J connectivity index is 2.27. The first-order valence-corrected chi connectivity index (χ1v) is 18.5. The van der Waals surface area contributed by atoms with Gasteiger partial charge in [-0.2, -0.15) is 0 Å². The monoisotopic (exact) mass is 436 g/mol. The van der Waals surface area contributed by atoms with Crippen LogP contribution in [0.5, 0.6) is 0 Å². The van der Waals surface area contributed by atoms with Crippen LogP contribution < -0.4 is 0 Å². The van der Waals surface area contributed by atoms with Gasteiger partial charge in [0.15, 0.2) is 0 Å². The molecule has 0 unspecified atom stereocenters. The first kappa shape index (κ1) is 20.3. The molecule has 2 rings (SSSR count). The Kier molecular flexibility index (Phi) is 9.22. The third kappa shape index (κ3) is 5.26. The molecule has 24 heavy (non-hydrogen) atoms. The van der Waals surface area contributed by atoms with Gasteiger partial charge in [0.05, 0.1) is 0 Å². The van der Waals surface area contributed by atoms with Crippen LogP contribution in [0, 0.1) is 0 Å². The van der Waals surface area contributed by atoms with Gasteiger partial charge in [-0.3, -0.25) is 0 Å². The van der Waals surface area contributed by atoms with Crippen LogP contribution in [-0.2, 0) is 0 Å². The van der Waals surface area contributed by atoms with Crippen molar-refractivity contribution < 1.29 is 0 Å². The summed E-state index contributed by atoms with van der Waals surface area (Å²) in [5, 5.41) is 0. The van der Waals surface area contributed by atoms with Gasteiger partial charge in [-0.25, -0.2) is 0 Å². The molecule has 0 N–H and O–H groups in total. The van der Waals surface area contributed by atoms with E-state index in [1.807, 2.05) is 0 Å². The van der Waals surface area contributed by atoms with Gasteiger partial charge >= 0.3 is 156 Å². The molecule has 1 aromatic carbocycles. The first-order valence-electron chi connectivity index (χ1n) is 10.8. The average molecular weight is 435 g/mol. The molecular weight excluding hydrogens is 395 g/mol. The van der Waals surface area contributed by atoms with E-state index in [1.165, 1.54) is 51.4 Å². The van der Waals surface area contributed by atoms with E-state index in [4.69, 9.17) is 0 Å². The fourth-order valence-electron chi connectivity index (χ4n) is 5.31. The summed E-state index contributed by atoms with van der Waals surface area (Å²) in [6.45, 7) is 7.21. The van der Waals surface area contributed by atoms with Crippen molar-refractivity contribution >= 4 is 18.4 Å². The summed E-state index contributed by atoms with van der Waals surface area (Å²) in [4.78, 5) is 0. The first-order chi connectivity index (χ1) is 11.8. The van der Waals surface area contributed by atoms with E-state index >= 15 is 0 Å². The van der Waals surface area contributed by atoms with E-state index in [-0.39, 0.29) is 0 Å². The molecule has 136 valence electrons. The number of hydrogen-bond donors (Lipinski definition) is 0. The minimum absolute atomic E-state index is 0.910. The molecule has 1 saturated carbocycles. The van der Waals surface area contributed by atoms with E-state index in [2.05, 4.69) is 51.1 Å². The number of hydrogen-bond acceptors (Lipinski definition) is 0. The molecule has 0 radical (unpaired) electrons. The molecule has 0 aliphatic heterocycles. The summed E-state index contributed by atoms with van der Waals surface area (Å²) in [5.41, 5.74) is 1.67. The molecule has 0 bridgehead atoms. The van der Waals surface area contributed by atoms with Crippen molar-refractivity contribution in [2.45, 2.75) is 102 Å². The van der Waals surface area contributed by atoms with Crippen LogP contribution in [0.3, 0.4) is 0 Å². The molecule has 0 aromatic heterocycles. The van der Waals surface area contributed by atoms with Gasteiger partial charge in [-0.1, -0.05) is 0 Å². The van der Waals surface area contributed by atoms with Crippen molar-refractivity contribution in [1.29, 1.82) is 0 Å². The average Bonchev–Trinajstić information content (AvgIpc) is 3.12. The number of benzene rings is 1. The van der Waals surface area contributed by atoms with E-state index in [1.54, 1.807) is 25.3 Å². The topological polar surface area (TPSA) is 0 Å². The van der Waals surface area contributed by atoms with Crippen molar-refractivity contribution in [3.63, 3.8) is 0 Å². The van der Waals surface area contributed by atoms with Crippen LogP contribution in [0.25, 0.3) is 0 Å². The van der Waals surface area contributed by atoms with Crippen molar-refractivity contribution in [2.75, 3.05) is 0 Å². The van der Waals surface area contributed by atoms with E-state index in [9.17, 15) is 0 Å². The van der Waals surface area contributed by atoms with Crippen LogP contribution >= 0.6 is 0 Å². The van der Waals surface area contributed by atoms with Gasteiger partial charge in [-0.15, -0.1) is 0 Å². The fraction of sp³-hybridized carbons (Fsp3) is 0.739. The summed E-state index contributed by atoms with van der Waals surface area (Å²) in [5.74, 6) is 0.910. The molecule has 1 heteroatoms. The zero-order valence-electron chi connectivity index (χ0n) is 16.5. The third-order valence-corrected chi connectivity index (χ3v) is 24.6. The summed E-state index contributed by atoms with van der Waals surface area (Å²) in [6.07, 6.45) is 13.3. The third-order valence-electron chi connectivity index (χ3n) is 6.61. The van der Waals surface area contributed by atoms with E-state index in [0.717, 1.165) is 9.85 Å². The van der Waals surface area contributed by atoms with Crippen LogP contribution in [0.2, 0.25) is 17.2 Å². The molecule has 1 aliphatic rings. The van der Waals surface area contributed by atoms with Crippen LogP contribution in [-0.4, -0.2) is 18.4 Å². The van der Waals surface area contributed by atoms with Crippen molar-refractivity contribution in [3.05, 3.63) is 35.9 Å². The quantitative estimate of drug-likeness (QED) is 0.308. The van der Waals surface area contributed by atoms with Gasteiger partial charge in [0.25, 0.3) is 0 Å². The molecular formula is C23H40Sn. The molecule has 1 aliphatic carbocycles. The van der Waals surface area contributed by atoms with Gasteiger partial charge in [0.1, 0.15) is 0 Å². The Labute approximate surface area is 155 Å². The molecule has 0 nitrogen and oxygen atoms in total. The Morgan fingerprint density at radius 2 is 1.33 bits per heavy atom. The normalized spacial score (nSPS) is 21.3. The summed E-state index contributed by atoms with van der Waals surface area (Å²) in [6, 6.07) is 11.6. The minimum atomic E-state index is -2.08. The molecule has 1 aromatic rings. The fourth-order valence-corrected chi connectivity index (χ4v) is 25.5. The molecule has 1 fully saturated rings. The maximum absolute atomic E-state index is 2.43. The zero-order chi connectivity index (χ0) is 17.3.